The molecule has 0 saturated carbocycles. The third kappa shape index (κ3) is 4.89. The second kappa shape index (κ2) is 8.89. The van der Waals surface area contributed by atoms with Crippen molar-refractivity contribution in [2.45, 2.75) is 32.1 Å². The average Bonchev–Trinajstić information content (AvgIpc) is 2.82. The van der Waals surface area contributed by atoms with Gasteiger partial charge in [0, 0.05) is 18.7 Å². The summed E-state index contributed by atoms with van der Waals surface area (Å²) < 4.78 is 25.0. The fraction of sp³-hybridized carbons (Fsp3) is 0.429. The van der Waals surface area contributed by atoms with Gasteiger partial charge in [0.15, 0.2) is 0 Å². The molecule has 0 bridgehead atoms. The maximum absolute atomic E-state index is 13.2. The van der Waals surface area contributed by atoms with Gasteiger partial charge in [-0.15, -0.1) is 0 Å². The zero-order valence-electron chi connectivity index (χ0n) is 12.3. The molecule has 0 saturated heterocycles. The summed E-state index contributed by atoms with van der Waals surface area (Å²) in [6.45, 7) is 5.98. The molecule has 1 aromatic rings. The molecule has 1 aliphatic heterocycles. The minimum atomic E-state index is -1.11. The van der Waals surface area contributed by atoms with Crippen LogP contribution in [0.1, 0.15) is 26.5 Å². The number of allylic oxidation sites excluding steroid dienone is 3. The van der Waals surface area contributed by atoms with Crippen molar-refractivity contribution in [3.05, 3.63) is 35.0 Å². The lowest BCUT2D eigenvalue weighted by molar-refractivity contribution is 0.663. The van der Waals surface area contributed by atoms with E-state index in [1.54, 1.807) is 13.0 Å². The van der Waals surface area contributed by atoms with Gasteiger partial charge >= 0.3 is 0 Å². The maximum Gasteiger partial charge on any atom is 0.224 e. The molecule has 1 aromatic heterocycles. The van der Waals surface area contributed by atoms with Gasteiger partial charge in [-0.3, -0.25) is 4.21 Å². The predicted octanol–water partition coefficient (Wildman–Crippen LogP) is 3.66. The highest BCUT2D eigenvalue weighted by Gasteiger charge is 2.25. The van der Waals surface area contributed by atoms with Crippen LogP contribution in [0.2, 0.25) is 5.28 Å². The van der Waals surface area contributed by atoms with Crippen LogP contribution in [0.5, 0.6) is 0 Å². The molecule has 2 heterocycles. The van der Waals surface area contributed by atoms with Crippen molar-refractivity contribution < 1.29 is 8.60 Å². The first-order chi connectivity index (χ1) is 10.1. The normalized spacial score (nSPS) is 17.4. The lowest BCUT2D eigenvalue weighted by Gasteiger charge is -2.07. The number of hydrogen-bond acceptors (Lipinski definition) is 4. The average molecular weight is 332 g/mol. The standard InChI is InChI=1S/C12H13ClFN3OS.C2H6/c1-2-3-8(14)4-6-15-11-10-9(5-7-19(10)18)16-12(13)17-11;1-2/h2-4H,5-7H2,1H3,(H,15,16,17);1-2H3/b3-2-,8-4+;. The van der Waals surface area contributed by atoms with Crippen LogP contribution in [0.3, 0.4) is 0 Å². The van der Waals surface area contributed by atoms with Crippen LogP contribution in [-0.4, -0.2) is 26.5 Å². The van der Waals surface area contributed by atoms with Crippen LogP contribution in [0.4, 0.5) is 10.2 Å². The Hall–Kier alpha value is -1.27. The van der Waals surface area contributed by atoms with Gasteiger partial charge in [-0.25, -0.2) is 9.37 Å². The molecule has 0 spiro atoms. The van der Waals surface area contributed by atoms with Crippen LogP contribution in [0.15, 0.2) is 29.0 Å². The Morgan fingerprint density at radius 3 is 2.86 bits per heavy atom. The fourth-order valence-electron chi connectivity index (χ4n) is 1.76. The van der Waals surface area contributed by atoms with E-state index in [4.69, 9.17) is 11.6 Å². The number of halogens is 2. The van der Waals surface area contributed by atoms with Crippen molar-refractivity contribution in [2.24, 2.45) is 0 Å². The number of aromatic nitrogens is 2. The van der Waals surface area contributed by atoms with E-state index in [-0.39, 0.29) is 17.7 Å². The van der Waals surface area contributed by atoms with Gasteiger partial charge < -0.3 is 5.32 Å². The van der Waals surface area contributed by atoms with Crippen LogP contribution in [0, 0.1) is 0 Å². The van der Waals surface area contributed by atoms with Crippen LogP contribution in [0.25, 0.3) is 0 Å². The number of nitrogens with zero attached hydrogens (tertiary/aromatic N) is 2. The van der Waals surface area contributed by atoms with E-state index in [1.165, 1.54) is 12.2 Å². The van der Waals surface area contributed by atoms with Crippen molar-refractivity contribution in [1.29, 1.82) is 0 Å². The summed E-state index contributed by atoms with van der Waals surface area (Å²) in [6, 6.07) is 0. The van der Waals surface area contributed by atoms with Crippen LogP contribution in [-0.2, 0) is 17.2 Å². The van der Waals surface area contributed by atoms with Gasteiger partial charge in [0.05, 0.1) is 16.5 Å². The van der Waals surface area contributed by atoms with Gasteiger partial charge in [-0.05, 0) is 30.7 Å². The lowest BCUT2D eigenvalue weighted by Crippen LogP contribution is -2.07. The van der Waals surface area contributed by atoms with Gasteiger partial charge in [0.2, 0.25) is 5.28 Å². The van der Waals surface area contributed by atoms with Crippen LogP contribution < -0.4 is 5.32 Å². The van der Waals surface area contributed by atoms with E-state index >= 15 is 0 Å². The van der Waals surface area contributed by atoms with Gasteiger partial charge in [-0.2, -0.15) is 4.98 Å². The lowest BCUT2D eigenvalue weighted by atomic mass is 10.3. The van der Waals surface area contributed by atoms with E-state index in [0.717, 1.165) is 0 Å². The molecule has 4 nitrogen and oxygen atoms in total. The molecule has 21 heavy (non-hydrogen) atoms. The van der Waals surface area contributed by atoms with Gasteiger partial charge in [0.25, 0.3) is 0 Å². The Balaban J connectivity index is 0.00000106. The maximum atomic E-state index is 13.2. The SMILES string of the molecule is C/C=C\C(F)=C/CNc1nc(Cl)nc2c1S(=O)CC2.CC. The van der Waals surface area contributed by atoms with E-state index in [2.05, 4.69) is 15.3 Å². The molecule has 0 radical (unpaired) electrons. The molecular formula is C14H19ClFN3OS. The van der Waals surface area contributed by atoms with Crippen molar-refractivity contribution >= 4 is 28.2 Å². The van der Waals surface area contributed by atoms with E-state index in [1.807, 2.05) is 13.8 Å². The number of anilines is 1. The minimum Gasteiger partial charge on any atom is -0.365 e. The first kappa shape index (κ1) is 17.8. The highest BCUT2D eigenvalue weighted by molar-refractivity contribution is 7.85. The smallest absolute Gasteiger partial charge is 0.224 e. The molecule has 0 aliphatic carbocycles. The third-order valence-corrected chi connectivity index (χ3v) is 4.18. The molecule has 116 valence electrons. The minimum absolute atomic E-state index is 0.109. The second-order valence-corrected chi connectivity index (χ2v) is 5.73. The molecule has 1 unspecified atom stereocenters. The Bertz CT molecular complexity index is 576. The molecule has 0 amide bonds. The summed E-state index contributed by atoms with van der Waals surface area (Å²) in [7, 11) is -1.11. The predicted molar refractivity (Wildman–Crippen MR) is 85.9 cm³/mol. The first-order valence-corrected chi connectivity index (χ1v) is 8.48. The molecule has 1 aliphatic rings. The Morgan fingerprint density at radius 1 is 1.48 bits per heavy atom. The number of aryl methyl sites for hydroxylation is 1. The molecule has 1 atom stereocenters. The van der Waals surface area contributed by atoms with Gasteiger partial charge in [-0.1, -0.05) is 19.9 Å². The molecule has 0 aromatic carbocycles. The second-order valence-electron chi connectivity index (χ2n) is 3.89. The highest BCUT2D eigenvalue weighted by atomic mass is 35.5. The number of rotatable bonds is 4. The van der Waals surface area contributed by atoms with Crippen LogP contribution >= 0.6 is 11.6 Å². The zero-order valence-corrected chi connectivity index (χ0v) is 13.9. The summed E-state index contributed by atoms with van der Waals surface area (Å²) >= 11 is 5.81. The molecular weight excluding hydrogens is 313 g/mol. The highest BCUT2D eigenvalue weighted by Crippen LogP contribution is 2.28. The fourth-order valence-corrected chi connectivity index (χ4v) is 3.27. The molecule has 1 N–H and O–H groups in total. The quantitative estimate of drug-likeness (QED) is 0.675. The van der Waals surface area contributed by atoms with E-state index in [0.29, 0.717) is 28.6 Å². The summed E-state index contributed by atoms with van der Waals surface area (Å²) in [5.74, 6) is 0.616. The van der Waals surface area contributed by atoms with E-state index < -0.39 is 10.8 Å². The largest absolute Gasteiger partial charge is 0.365 e. The first-order valence-electron chi connectivity index (χ1n) is 6.79. The van der Waals surface area contributed by atoms with Crippen molar-refractivity contribution in [2.75, 3.05) is 17.6 Å². The van der Waals surface area contributed by atoms with Gasteiger partial charge in [0.1, 0.15) is 16.5 Å². The zero-order chi connectivity index (χ0) is 15.8. The Morgan fingerprint density at radius 2 is 2.19 bits per heavy atom. The third-order valence-electron chi connectivity index (χ3n) is 2.55. The van der Waals surface area contributed by atoms with E-state index in [9.17, 15) is 8.60 Å². The van der Waals surface area contributed by atoms with Crippen molar-refractivity contribution in [1.82, 2.24) is 9.97 Å². The molecule has 7 heteroatoms. The number of hydrogen-bond donors (Lipinski definition) is 1. The monoisotopic (exact) mass is 331 g/mol. The summed E-state index contributed by atoms with van der Waals surface area (Å²) in [5.41, 5.74) is 0.707. The topological polar surface area (TPSA) is 54.9 Å². The molecule has 2 rings (SSSR count). The van der Waals surface area contributed by atoms with Crippen molar-refractivity contribution in [3.8, 4) is 0 Å². The summed E-state index contributed by atoms with van der Waals surface area (Å²) in [4.78, 5) is 8.66. The van der Waals surface area contributed by atoms with Crippen molar-refractivity contribution in [3.63, 3.8) is 0 Å². The Kier molecular flexibility index (Phi) is 7.53. The summed E-state index contributed by atoms with van der Waals surface area (Å²) in [6.07, 6.45) is 4.97. The molecule has 0 fully saturated rings. The number of nitrogens with one attached hydrogen (secondary N) is 1. The number of fused-ring (bicyclic) bond motifs is 1. The summed E-state index contributed by atoms with van der Waals surface area (Å²) in [5, 5.41) is 3.04. The Labute approximate surface area is 132 Å².